The normalized spacial score (nSPS) is 13.9. The lowest BCUT2D eigenvalue weighted by atomic mass is 9.94. The van der Waals surface area contributed by atoms with E-state index in [9.17, 15) is 18.0 Å². The van der Waals surface area contributed by atoms with Gasteiger partial charge < -0.3 is 10.1 Å². The Morgan fingerprint density at radius 1 is 1.24 bits per heavy atom. The molecule has 34 heavy (non-hydrogen) atoms. The summed E-state index contributed by atoms with van der Waals surface area (Å²) in [6.07, 6.45) is 1.03. The second-order valence-corrected chi connectivity index (χ2v) is 11.4. The standard InChI is InChI=1S/C23H33N3O6S2/c1-7-16-13-33-21(24-16)18(12-15-9-8-10-17(11-15)26-34(29,30)31)25-20(27)19(14(2)3)22(28)32-23(4,5)6/h8-11,13-14,18-19,26H,7,12H2,1-6H3,(H,25,27)(H,29,30,31). The van der Waals surface area contributed by atoms with Crippen molar-refractivity contribution in [2.24, 2.45) is 11.8 Å². The quantitative estimate of drug-likeness (QED) is 0.250. The Morgan fingerprint density at radius 3 is 2.44 bits per heavy atom. The zero-order valence-electron chi connectivity index (χ0n) is 20.3. The van der Waals surface area contributed by atoms with Crippen molar-refractivity contribution in [3.63, 3.8) is 0 Å². The van der Waals surface area contributed by atoms with E-state index in [1.54, 1.807) is 52.8 Å². The van der Waals surface area contributed by atoms with Gasteiger partial charge in [0.15, 0.2) is 0 Å². The minimum absolute atomic E-state index is 0.187. The molecule has 0 bridgehead atoms. The first-order valence-corrected chi connectivity index (χ1v) is 13.3. The third-order valence-electron chi connectivity index (χ3n) is 4.77. The first-order valence-electron chi connectivity index (χ1n) is 11.0. The number of aryl methyl sites for hydroxylation is 1. The predicted molar refractivity (Wildman–Crippen MR) is 132 cm³/mol. The third-order valence-corrected chi connectivity index (χ3v) is 6.27. The van der Waals surface area contributed by atoms with Crippen LogP contribution in [0.25, 0.3) is 0 Å². The number of rotatable bonds is 10. The zero-order valence-corrected chi connectivity index (χ0v) is 21.9. The maximum absolute atomic E-state index is 13.3. The highest BCUT2D eigenvalue weighted by Gasteiger charge is 2.35. The molecule has 1 amide bonds. The van der Waals surface area contributed by atoms with Crippen LogP contribution >= 0.6 is 11.3 Å². The summed E-state index contributed by atoms with van der Waals surface area (Å²) in [7, 11) is -4.42. The highest BCUT2D eigenvalue weighted by Crippen LogP contribution is 2.26. The SMILES string of the molecule is CCc1csc(C(Cc2cccc(NS(=O)(=O)O)c2)NC(=O)C(C(=O)OC(C)(C)C)C(C)C)n1. The number of hydrogen-bond donors (Lipinski definition) is 3. The minimum Gasteiger partial charge on any atom is -0.459 e. The molecule has 11 heteroatoms. The summed E-state index contributed by atoms with van der Waals surface area (Å²) in [4.78, 5) is 30.6. The van der Waals surface area contributed by atoms with Gasteiger partial charge >= 0.3 is 16.3 Å². The van der Waals surface area contributed by atoms with Crippen LogP contribution in [0.5, 0.6) is 0 Å². The molecule has 1 aromatic heterocycles. The van der Waals surface area contributed by atoms with Crippen LogP contribution in [-0.4, -0.2) is 35.4 Å². The van der Waals surface area contributed by atoms with Crippen molar-refractivity contribution in [2.45, 2.75) is 66.0 Å². The van der Waals surface area contributed by atoms with Gasteiger partial charge in [-0.3, -0.25) is 18.9 Å². The summed E-state index contributed by atoms with van der Waals surface area (Å²) in [6, 6.07) is 5.92. The number of benzene rings is 1. The van der Waals surface area contributed by atoms with Gasteiger partial charge in [-0.1, -0.05) is 32.9 Å². The Balaban J connectivity index is 2.33. The molecule has 0 saturated heterocycles. The van der Waals surface area contributed by atoms with Crippen molar-refractivity contribution in [2.75, 3.05) is 4.72 Å². The summed E-state index contributed by atoms with van der Waals surface area (Å²) >= 11 is 1.40. The molecule has 188 valence electrons. The minimum atomic E-state index is -4.42. The van der Waals surface area contributed by atoms with Gasteiger partial charge in [0.05, 0.1) is 17.4 Å². The van der Waals surface area contributed by atoms with E-state index < -0.39 is 39.7 Å². The first-order chi connectivity index (χ1) is 15.7. The van der Waals surface area contributed by atoms with Crippen LogP contribution in [0.2, 0.25) is 0 Å². The molecule has 0 spiro atoms. The summed E-state index contributed by atoms with van der Waals surface area (Å²) in [6.45, 7) is 10.8. The van der Waals surface area contributed by atoms with E-state index in [1.807, 2.05) is 17.0 Å². The van der Waals surface area contributed by atoms with E-state index >= 15 is 0 Å². The summed E-state index contributed by atoms with van der Waals surface area (Å²) in [5, 5.41) is 5.54. The van der Waals surface area contributed by atoms with Crippen LogP contribution in [0.4, 0.5) is 5.69 Å². The lowest BCUT2D eigenvalue weighted by molar-refractivity contribution is -0.164. The van der Waals surface area contributed by atoms with Crippen LogP contribution in [0.1, 0.15) is 63.8 Å². The number of hydrogen-bond acceptors (Lipinski definition) is 7. The fourth-order valence-electron chi connectivity index (χ4n) is 3.30. The number of carbonyl (C=O) groups excluding carboxylic acids is 2. The average molecular weight is 512 g/mol. The second kappa shape index (κ2) is 11.3. The van der Waals surface area contributed by atoms with Crippen LogP contribution in [-0.2, 0) is 37.5 Å². The van der Waals surface area contributed by atoms with Gasteiger partial charge in [-0.15, -0.1) is 11.3 Å². The van der Waals surface area contributed by atoms with Crippen LogP contribution < -0.4 is 10.0 Å². The molecule has 2 atom stereocenters. The van der Waals surface area contributed by atoms with Crippen molar-refractivity contribution in [3.05, 3.63) is 45.9 Å². The summed E-state index contributed by atoms with van der Waals surface area (Å²) in [5.74, 6) is -2.35. The molecule has 2 rings (SSSR count). The summed E-state index contributed by atoms with van der Waals surface area (Å²) < 4.78 is 38.9. The number of thiazole rings is 1. The van der Waals surface area contributed by atoms with Crippen molar-refractivity contribution in [1.82, 2.24) is 10.3 Å². The first kappa shape index (κ1) is 27.7. The fourth-order valence-corrected chi connectivity index (χ4v) is 4.68. The van der Waals surface area contributed by atoms with Gasteiger partial charge in [-0.2, -0.15) is 8.42 Å². The van der Waals surface area contributed by atoms with Crippen molar-refractivity contribution < 1.29 is 27.3 Å². The molecule has 0 radical (unpaired) electrons. The van der Waals surface area contributed by atoms with Crippen molar-refractivity contribution in [3.8, 4) is 0 Å². The number of anilines is 1. The Morgan fingerprint density at radius 2 is 1.91 bits per heavy atom. The van der Waals surface area contributed by atoms with E-state index in [2.05, 4.69) is 10.3 Å². The van der Waals surface area contributed by atoms with E-state index in [-0.39, 0.29) is 11.6 Å². The van der Waals surface area contributed by atoms with E-state index in [1.165, 1.54) is 17.4 Å². The van der Waals surface area contributed by atoms with E-state index in [0.29, 0.717) is 17.0 Å². The Kier molecular flexibility index (Phi) is 9.21. The maximum atomic E-state index is 13.3. The van der Waals surface area contributed by atoms with E-state index in [4.69, 9.17) is 9.29 Å². The van der Waals surface area contributed by atoms with Gasteiger partial charge in [-0.05, 0) is 57.2 Å². The monoisotopic (exact) mass is 511 g/mol. The molecule has 0 fully saturated rings. The van der Waals surface area contributed by atoms with Gasteiger partial charge in [-0.25, -0.2) is 4.98 Å². The van der Waals surface area contributed by atoms with Gasteiger partial charge in [0.2, 0.25) is 5.91 Å². The molecule has 2 unspecified atom stereocenters. The smallest absolute Gasteiger partial charge is 0.357 e. The molecule has 0 aliphatic heterocycles. The largest absolute Gasteiger partial charge is 0.459 e. The van der Waals surface area contributed by atoms with Gasteiger partial charge in [0, 0.05) is 5.38 Å². The second-order valence-electron chi connectivity index (χ2n) is 9.33. The van der Waals surface area contributed by atoms with Crippen molar-refractivity contribution in [1.29, 1.82) is 0 Å². The van der Waals surface area contributed by atoms with Crippen molar-refractivity contribution >= 4 is 39.2 Å². The molecule has 9 nitrogen and oxygen atoms in total. The molecule has 0 saturated carbocycles. The molecule has 2 aromatic rings. The topological polar surface area (TPSA) is 135 Å². The van der Waals surface area contributed by atoms with Crippen LogP contribution in [0.3, 0.4) is 0 Å². The number of esters is 1. The average Bonchev–Trinajstić information content (AvgIpc) is 3.14. The molecule has 1 heterocycles. The molecule has 1 aromatic carbocycles. The number of amides is 1. The highest BCUT2D eigenvalue weighted by atomic mass is 32.2. The molecule has 0 aliphatic carbocycles. The lowest BCUT2D eigenvalue weighted by Gasteiger charge is -2.27. The Labute approximate surface area is 205 Å². The number of aromatic nitrogens is 1. The predicted octanol–water partition coefficient (Wildman–Crippen LogP) is 3.93. The van der Waals surface area contributed by atoms with Gasteiger partial charge in [0.25, 0.3) is 0 Å². The Hall–Kier alpha value is -2.50. The number of nitrogens with zero attached hydrogens (tertiary/aromatic N) is 1. The molecule has 0 aliphatic rings. The van der Waals surface area contributed by atoms with Crippen LogP contribution in [0.15, 0.2) is 29.6 Å². The molecular weight excluding hydrogens is 478 g/mol. The van der Waals surface area contributed by atoms with Gasteiger partial charge in [0.1, 0.15) is 16.5 Å². The summed E-state index contributed by atoms with van der Waals surface area (Å²) in [5.41, 5.74) is 1.04. The van der Waals surface area contributed by atoms with Crippen LogP contribution in [0, 0.1) is 11.8 Å². The zero-order chi connectivity index (χ0) is 25.7. The Bertz CT molecular complexity index is 1110. The third kappa shape index (κ3) is 8.69. The number of nitrogens with one attached hydrogen (secondary N) is 2. The number of carbonyl (C=O) groups is 2. The molecule has 3 N–H and O–H groups in total. The fraction of sp³-hybridized carbons (Fsp3) is 0.522. The lowest BCUT2D eigenvalue weighted by Crippen LogP contribution is -2.43. The van der Waals surface area contributed by atoms with E-state index in [0.717, 1.165) is 12.1 Å². The molecular formula is C23H33N3O6S2. The maximum Gasteiger partial charge on any atom is 0.357 e. The number of ether oxygens (including phenoxy) is 1. The highest BCUT2D eigenvalue weighted by molar-refractivity contribution is 7.87.